The molecule has 1 atom stereocenters. The molecule has 0 saturated carbocycles. The molecule has 2 rings (SSSR count). The van der Waals surface area contributed by atoms with E-state index in [0.717, 1.165) is 19.3 Å². The summed E-state index contributed by atoms with van der Waals surface area (Å²) in [5.74, 6) is -0.469. The molecule has 1 aliphatic heterocycles. The van der Waals surface area contributed by atoms with E-state index in [0.29, 0.717) is 30.2 Å². The third kappa shape index (κ3) is 6.84. The van der Waals surface area contributed by atoms with Gasteiger partial charge in [-0.1, -0.05) is 75.6 Å². The van der Waals surface area contributed by atoms with Crippen LogP contribution in [0.25, 0.3) is 0 Å². The predicted octanol–water partition coefficient (Wildman–Crippen LogP) is 5.63. The fourth-order valence-corrected chi connectivity index (χ4v) is 3.77. The van der Waals surface area contributed by atoms with Crippen molar-refractivity contribution < 1.29 is 14.3 Å². The molecule has 0 N–H and O–H groups in total. The Kier molecular flexibility index (Phi) is 9.68. The number of carbonyl (C=O) groups is 2. The quantitative estimate of drug-likeness (QED) is 0.361. The van der Waals surface area contributed by atoms with Gasteiger partial charge < -0.3 is 9.64 Å². The number of ether oxygens (including phenoxy) is 1. The van der Waals surface area contributed by atoms with Crippen molar-refractivity contribution >= 4 is 23.5 Å². The molecule has 150 valence electrons. The average Bonchev–Trinajstić information content (AvgIpc) is 3.16. The lowest BCUT2D eigenvalue weighted by molar-refractivity contribution is -0.148. The van der Waals surface area contributed by atoms with E-state index in [9.17, 15) is 9.59 Å². The summed E-state index contributed by atoms with van der Waals surface area (Å²) in [4.78, 5) is 26.8. The summed E-state index contributed by atoms with van der Waals surface area (Å²) in [6.45, 7) is 3.24. The molecule has 1 saturated heterocycles. The molecule has 4 nitrogen and oxygen atoms in total. The Bertz CT molecular complexity index is 605. The number of hydrogen-bond acceptors (Lipinski definition) is 3. The van der Waals surface area contributed by atoms with Crippen LogP contribution in [0.5, 0.6) is 0 Å². The molecule has 1 amide bonds. The fraction of sp³-hybridized carbons (Fsp3) is 0.636. The first-order chi connectivity index (χ1) is 13.1. The fourth-order valence-electron chi connectivity index (χ4n) is 3.55. The number of likely N-dealkylation sites (tertiary alicyclic amines) is 1. The molecule has 0 radical (unpaired) electrons. The molecule has 5 heteroatoms. The standard InChI is InChI=1S/C22H32ClNO3/c1-2-3-4-5-6-7-8-11-17-27-22(26)20-15-12-16-24(20)21(25)18-13-9-10-14-19(18)23/h9-10,13-14,20H,2-8,11-12,15-17H2,1H3. The number of nitrogens with zero attached hydrogens (tertiary/aromatic N) is 1. The summed E-state index contributed by atoms with van der Waals surface area (Å²) < 4.78 is 5.45. The Balaban J connectivity index is 1.71. The van der Waals surface area contributed by atoms with Gasteiger partial charge in [0, 0.05) is 6.54 Å². The van der Waals surface area contributed by atoms with Crippen molar-refractivity contribution in [3.8, 4) is 0 Å². The number of rotatable bonds is 11. The lowest BCUT2D eigenvalue weighted by Gasteiger charge is -2.23. The van der Waals surface area contributed by atoms with Gasteiger partial charge in [0.15, 0.2) is 0 Å². The number of hydrogen-bond donors (Lipinski definition) is 0. The number of unbranched alkanes of at least 4 members (excludes halogenated alkanes) is 7. The van der Waals surface area contributed by atoms with Crippen molar-refractivity contribution in [1.29, 1.82) is 0 Å². The van der Waals surface area contributed by atoms with E-state index in [2.05, 4.69) is 6.92 Å². The lowest BCUT2D eigenvalue weighted by atomic mass is 10.1. The molecule has 27 heavy (non-hydrogen) atoms. The van der Waals surface area contributed by atoms with Gasteiger partial charge in [-0.25, -0.2) is 4.79 Å². The van der Waals surface area contributed by atoms with Gasteiger partial charge in [-0.2, -0.15) is 0 Å². The molecular weight excluding hydrogens is 362 g/mol. The topological polar surface area (TPSA) is 46.6 Å². The van der Waals surface area contributed by atoms with Crippen molar-refractivity contribution in [1.82, 2.24) is 4.90 Å². The Morgan fingerprint density at radius 2 is 1.74 bits per heavy atom. The van der Waals surface area contributed by atoms with Crippen LogP contribution < -0.4 is 0 Å². The lowest BCUT2D eigenvalue weighted by Crippen LogP contribution is -2.41. The second-order valence-electron chi connectivity index (χ2n) is 7.28. The molecule has 1 aliphatic rings. The second-order valence-corrected chi connectivity index (χ2v) is 7.69. The van der Waals surface area contributed by atoms with Gasteiger partial charge in [-0.15, -0.1) is 0 Å². The molecule has 0 bridgehead atoms. The Labute approximate surface area is 168 Å². The van der Waals surface area contributed by atoms with Gasteiger partial charge in [0.2, 0.25) is 0 Å². The van der Waals surface area contributed by atoms with Gasteiger partial charge >= 0.3 is 5.97 Å². The number of esters is 1. The predicted molar refractivity (Wildman–Crippen MR) is 109 cm³/mol. The summed E-state index contributed by atoms with van der Waals surface area (Å²) in [6.07, 6.45) is 11.1. The third-order valence-electron chi connectivity index (χ3n) is 5.13. The van der Waals surface area contributed by atoms with Crippen LogP contribution in [-0.2, 0) is 9.53 Å². The van der Waals surface area contributed by atoms with Gasteiger partial charge in [-0.3, -0.25) is 4.79 Å². The van der Waals surface area contributed by atoms with E-state index in [1.165, 1.54) is 38.5 Å². The van der Waals surface area contributed by atoms with Crippen molar-refractivity contribution in [3.63, 3.8) is 0 Å². The van der Waals surface area contributed by atoms with Gasteiger partial charge in [0.1, 0.15) is 6.04 Å². The van der Waals surface area contributed by atoms with E-state index < -0.39 is 6.04 Å². The summed E-state index contributed by atoms with van der Waals surface area (Å²) in [6, 6.07) is 6.48. The van der Waals surface area contributed by atoms with Crippen LogP contribution in [0, 0.1) is 0 Å². The summed E-state index contributed by atoms with van der Waals surface area (Å²) in [5.41, 5.74) is 0.446. The van der Waals surface area contributed by atoms with E-state index in [1.807, 2.05) is 0 Å². The van der Waals surface area contributed by atoms with Gasteiger partial charge in [-0.05, 0) is 31.4 Å². The molecule has 1 fully saturated rings. The van der Waals surface area contributed by atoms with Crippen LogP contribution in [0.15, 0.2) is 24.3 Å². The molecule has 0 aliphatic carbocycles. The normalized spacial score (nSPS) is 16.5. The highest BCUT2D eigenvalue weighted by Crippen LogP contribution is 2.24. The van der Waals surface area contributed by atoms with Crippen molar-refractivity contribution in [2.24, 2.45) is 0 Å². The molecule has 0 spiro atoms. The molecule has 1 aromatic carbocycles. The van der Waals surface area contributed by atoms with Crippen LogP contribution in [0.2, 0.25) is 5.02 Å². The average molecular weight is 394 g/mol. The summed E-state index contributed by atoms with van der Waals surface area (Å²) in [5, 5.41) is 0.417. The number of carbonyl (C=O) groups excluding carboxylic acids is 2. The SMILES string of the molecule is CCCCCCCCCCOC(=O)C1CCCN1C(=O)c1ccccc1Cl. The van der Waals surface area contributed by atoms with Crippen LogP contribution in [-0.4, -0.2) is 36.0 Å². The molecule has 0 aromatic heterocycles. The first-order valence-corrected chi connectivity index (χ1v) is 10.7. The molecule has 1 unspecified atom stereocenters. The minimum atomic E-state index is -0.484. The van der Waals surface area contributed by atoms with Crippen molar-refractivity contribution in [2.75, 3.05) is 13.2 Å². The molecular formula is C22H32ClNO3. The smallest absolute Gasteiger partial charge is 0.328 e. The number of halogens is 1. The van der Waals surface area contributed by atoms with Gasteiger partial charge in [0.25, 0.3) is 5.91 Å². The first kappa shape index (κ1) is 21.7. The van der Waals surface area contributed by atoms with E-state index in [4.69, 9.17) is 16.3 Å². The Morgan fingerprint density at radius 3 is 2.44 bits per heavy atom. The highest BCUT2D eigenvalue weighted by atomic mass is 35.5. The highest BCUT2D eigenvalue weighted by molar-refractivity contribution is 6.33. The largest absolute Gasteiger partial charge is 0.464 e. The zero-order valence-electron chi connectivity index (χ0n) is 16.4. The van der Waals surface area contributed by atoms with Crippen LogP contribution >= 0.6 is 11.6 Å². The van der Waals surface area contributed by atoms with Gasteiger partial charge in [0.05, 0.1) is 17.2 Å². The second kappa shape index (κ2) is 12.0. The highest BCUT2D eigenvalue weighted by Gasteiger charge is 2.36. The first-order valence-electron chi connectivity index (χ1n) is 10.4. The number of amides is 1. The van der Waals surface area contributed by atoms with E-state index in [-0.39, 0.29) is 11.9 Å². The molecule has 1 aromatic rings. The Morgan fingerprint density at radius 1 is 1.07 bits per heavy atom. The zero-order valence-corrected chi connectivity index (χ0v) is 17.2. The van der Waals surface area contributed by atoms with E-state index in [1.54, 1.807) is 29.2 Å². The maximum atomic E-state index is 12.7. The minimum Gasteiger partial charge on any atom is -0.464 e. The summed E-state index contributed by atoms with van der Waals surface area (Å²) in [7, 11) is 0. The van der Waals surface area contributed by atoms with Crippen molar-refractivity contribution in [3.05, 3.63) is 34.9 Å². The monoisotopic (exact) mass is 393 g/mol. The minimum absolute atomic E-state index is 0.188. The van der Waals surface area contributed by atoms with Crippen LogP contribution in [0.4, 0.5) is 0 Å². The Hall–Kier alpha value is -1.55. The maximum Gasteiger partial charge on any atom is 0.328 e. The van der Waals surface area contributed by atoms with Crippen LogP contribution in [0.1, 0.15) is 81.5 Å². The zero-order chi connectivity index (χ0) is 19.5. The maximum absolute atomic E-state index is 12.7. The third-order valence-corrected chi connectivity index (χ3v) is 5.46. The molecule has 1 heterocycles. The summed E-state index contributed by atoms with van der Waals surface area (Å²) >= 11 is 6.13. The van der Waals surface area contributed by atoms with Crippen LogP contribution in [0.3, 0.4) is 0 Å². The number of benzene rings is 1. The van der Waals surface area contributed by atoms with E-state index >= 15 is 0 Å². The van der Waals surface area contributed by atoms with Crippen molar-refractivity contribution in [2.45, 2.75) is 77.2 Å².